The van der Waals surface area contributed by atoms with Crippen LogP contribution < -0.4 is 5.32 Å². The van der Waals surface area contributed by atoms with Crippen molar-refractivity contribution >= 4 is 12.0 Å². The molecule has 18 heavy (non-hydrogen) atoms. The second-order valence-corrected chi connectivity index (χ2v) is 4.92. The lowest BCUT2D eigenvalue weighted by Gasteiger charge is -2.25. The molecule has 0 bridgehead atoms. The highest BCUT2D eigenvalue weighted by Gasteiger charge is 2.35. The molecule has 0 aromatic heterocycles. The summed E-state index contributed by atoms with van der Waals surface area (Å²) in [6.07, 6.45) is -1.48. The molecule has 4 N–H and O–H groups in total. The average Bonchev–Trinajstić information content (AvgIpc) is 2.66. The van der Waals surface area contributed by atoms with Gasteiger partial charge in [-0.3, -0.25) is 4.79 Å². The van der Waals surface area contributed by atoms with Crippen LogP contribution in [0.5, 0.6) is 0 Å². The Morgan fingerprint density at radius 3 is 2.22 bits per heavy atom. The van der Waals surface area contributed by atoms with E-state index in [4.69, 9.17) is 5.11 Å². The van der Waals surface area contributed by atoms with Crippen molar-refractivity contribution in [2.24, 2.45) is 5.41 Å². The van der Waals surface area contributed by atoms with Gasteiger partial charge in [-0.15, -0.1) is 0 Å². The molecule has 3 atom stereocenters. The molecule has 7 nitrogen and oxygen atoms in total. The molecule has 0 aromatic carbocycles. The number of urea groups is 1. The van der Waals surface area contributed by atoms with Gasteiger partial charge >= 0.3 is 12.0 Å². The Hall–Kier alpha value is -1.34. The third-order valence-corrected chi connectivity index (χ3v) is 3.47. The van der Waals surface area contributed by atoms with Gasteiger partial charge in [-0.05, 0) is 13.3 Å². The Labute approximate surface area is 105 Å². The van der Waals surface area contributed by atoms with Crippen LogP contribution in [-0.2, 0) is 4.79 Å². The number of aliphatic hydroxyl groups is 2. The SMILES string of the molecule is CCC(C)(CNC(=O)N1CC(O)C(O)C1)C(=O)O. The second-order valence-electron chi connectivity index (χ2n) is 4.92. The van der Waals surface area contributed by atoms with Gasteiger partial charge in [0.15, 0.2) is 0 Å². The lowest BCUT2D eigenvalue weighted by atomic mass is 9.88. The van der Waals surface area contributed by atoms with E-state index in [1.165, 1.54) is 4.90 Å². The summed E-state index contributed by atoms with van der Waals surface area (Å²) in [5, 5.41) is 30.2. The number of carbonyl (C=O) groups excluding carboxylic acids is 1. The van der Waals surface area contributed by atoms with E-state index in [0.717, 1.165) is 0 Å². The number of carboxylic acids is 1. The molecule has 0 saturated carbocycles. The lowest BCUT2D eigenvalue weighted by Crippen LogP contribution is -2.46. The van der Waals surface area contributed by atoms with E-state index in [9.17, 15) is 19.8 Å². The van der Waals surface area contributed by atoms with E-state index < -0.39 is 29.6 Å². The molecule has 0 spiro atoms. The maximum atomic E-state index is 11.7. The van der Waals surface area contributed by atoms with Crippen molar-refractivity contribution in [1.29, 1.82) is 0 Å². The van der Waals surface area contributed by atoms with Crippen molar-refractivity contribution in [3.8, 4) is 0 Å². The molecule has 3 unspecified atom stereocenters. The molecule has 1 saturated heterocycles. The van der Waals surface area contributed by atoms with E-state index >= 15 is 0 Å². The zero-order valence-corrected chi connectivity index (χ0v) is 10.6. The predicted molar refractivity (Wildman–Crippen MR) is 63.0 cm³/mol. The van der Waals surface area contributed by atoms with Gasteiger partial charge in [-0.2, -0.15) is 0 Å². The summed E-state index contributed by atoms with van der Waals surface area (Å²) in [6, 6.07) is -0.466. The summed E-state index contributed by atoms with van der Waals surface area (Å²) >= 11 is 0. The minimum Gasteiger partial charge on any atom is -0.481 e. The van der Waals surface area contributed by atoms with E-state index in [1.807, 2.05) is 0 Å². The summed E-state index contributed by atoms with van der Waals surface area (Å²) in [7, 11) is 0. The summed E-state index contributed by atoms with van der Waals surface area (Å²) in [6.45, 7) is 3.43. The van der Waals surface area contributed by atoms with Crippen molar-refractivity contribution in [1.82, 2.24) is 10.2 Å². The molecule has 0 aromatic rings. The lowest BCUT2D eigenvalue weighted by molar-refractivity contribution is -0.147. The molecule has 1 rings (SSSR count). The number of hydrogen-bond acceptors (Lipinski definition) is 4. The van der Waals surface area contributed by atoms with Crippen LogP contribution >= 0.6 is 0 Å². The van der Waals surface area contributed by atoms with Gasteiger partial charge in [0, 0.05) is 6.54 Å². The number of likely N-dealkylation sites (tertiary alicyclic amines) is 1. The van der Waals surface area contributed by atoms with Gasteiger partial charge in [-0.1, -0.05) is 6.92 Å². The fourth-order valence-corrected chi connectivity index (χ4v) is 1.67. The van der Waals surface area contributed by atoms with Crippen LogP contribution in [0.2, 0.25) is 0 Å². The summed E-state index contributed by atoms with van der Waals surface area (Å²) in [5.74, 6) is -0.966. The smallest absolute Gasteiger partial charge is 0.317 e. The van der Waals surface area contributed by atoms with E-state index in [2.05, 4.69) is 5.32 Å². The first kappa shape index (κ1) is 14.7. The van der Waals surface area contributed by atoms with E-state index in [0.29, 0.717) is 6.42 Å². The molecular formula is C11H20N2O5. The predicted octanol–water partition coefficient (Wildman–Crippen LogP) is -0.766. The number of nitrogens with zero attached hydrogens (tertiary/aromatic N) is 1. The fourth-order valence-electron chi connectivity index (χ4n) is 1.67. The van der Waals surface area contributed by atoms with Crippen molar-refractivity contribution in [3.63, 3.8) is 0 Å². The Morgan fingerprint density at radius 2 is 1.83 bits per heavy atom. The average molecular weight is 260 g/mol. The Kier molecular flexibility index (Phi) is 4.53. The highest BCUT2D eigenvalue weighted by Crippen LogP contribution is 2.20. The first-order chi connectivity index (χ1) is 8.30. The monoisotopic (exact) mass is 260 g/mol. The molecule has 1 aliphatic rings. The van der Waals surface area contributed by atoms with Crippen LogP contribution in [0.15, 0.2) is 0 Å². The second kappa shape index (κ2) is 5.53. The van der Waals surface area contributed by atoms with Crippen LogP contribution in [0, 0.1) is 5.41 Å². The Morgan fingerprint density at radius 1 is 1.33 bits per heavy atom. The van der Waals surface area contributed by atoms with E-state index in [1.54, 1.807) is 13.8 Å². The van der Waals surface area contributed by atoms with Crippen molar-refractivity contribution in [2.75, 3.05) is 19.6 Å². The minimum atomic E-state index is -1.01. The number of carbonyl (C=O) groups is 2. The molecule has 7 heteroatoms. The topological polar surface area (TPSA) is 110 Å². The Balaban J connectivity index is 2.49. The highest BCUT2D eigenvalue weighted by molar-refractivity contribution is 5.78. The quantitative estimate of drug-likeness (QED) is 0.531. The highest BCUT2D eigenvalue weighted by atomic mass is 16.4. The normalized spacial score (nSPS) is 26.8. The van der Waals surface area contributed by atoms with E-state index in [-0.39, 0.29) is 19.6 Å². The number of aliphatic hydroxyl groups excluding tert-OH is 2. The number of rotatable bonds is 4. The molecule has 1 fully saturated rings. The largest absolute Gasteiger partial charge is 0.481 e. The number of hydrogen-bond donors (Lipinski definition) is 4. The molecular weight excluding hydrogens is 240 g/mol. The number of carboxylic acid groups (broad SMARTS) is 1. The molecule has 104 valence electrons. The van der Waals surface area contributed by atoms with Gasteiger partial charge in [0.25, 0.3) is 0 Å². The van der Waals surface area contributed by atoms with Gasteiger partial charge in [0.1, 0.15) is 0 Å². The third kappa shape index (κ3) is 3.11. The van der Waals surface area contributed by atoms with Gasteiger partial charge in [0.2, 0.25) is 0 Å². The van der Waals surface area contributed by atoms with Gasteiger partial charge < -0.3 is 25.5 Å². The van der Waals surface area contributed by atoms with Crippen molar-refractivity contribution < 1.29 is 24.9 Å². The summed E-state index contributed by atoms with van der Waals surface area (Å²) in [5.41, 5.74) is -1.01. The van der Waals surface area contributed by atoms with Gasteiger partial charge in [-0.25, -0.2) is 4.79 Å². The molecule has 1 heterocycles. The molecule has 0 aliphatic carbocycles. The van der Waals surface area contributed by atoms with Crippen LogP contribution in [-0.4, -0.2) is 64.1 Å². The van der Waals surface area contributed by atoms with Gasteiger partial charge in [0.05, 0.1) is 30.7 Å². The Bertz CT molecular complexity index is 325. The number of β-amino-alcohol motifs (C(OH)–C–C–N with tert-alkyl or cyclic N) is 2. The van der Waals surface area contributed by atoms with Crippen LogP contribution in [0.4, 0.5) is 4.79 Å². The zero-order chi connectivity index (χ0) is 13.9. The number of aliphatic carboxylic acids is 1. The standard InChI is InChI=1S/C11H20N2O5/c1-3-11(2,9(16)17)6-12-10(18)13-4-7(14)8(15)5-13/h7-8,14-15H,3-6H2,1-2H3,(H,12,18)(H,16,17). The summed E-state index contributed by atoms with van der Waals surface area (Å²) in [4.78, 5) is 24.0. The van der Waals surface area contributed by atoms with Crippen molar-refractivity contribution in [2.45, 2.75) is 32.5 Å². The fraction of sp³-hybridized carbons (Fsp3) is 0.818. The molecule has 1 aliphatic heterocycles. The minimum absolute atomic E-state index is 0.0142. The number of amides is 2. The molecule has 0 radical (unpaired) electrons. The zero-order valence-electron chi connectivity index (χ0n) is 10.6. The maximum absolute atomic E-state index is 11.7. The first-order valence-electron chi connectivity index (χ1n) is 5.92. The molecule has 2 amide bonds. The third-order valence-electron chi connectivity index (χ3n) is 3.47. The van der Waals surface area contributed by atoms with Crippen LogP contribution in [0.25, 0.3) is 0 Å². The van der Waals surface area contributed by atoms with Crippen molar-refractivity contribution in [3.05, 3.63) is 0 Å². The van der Waals surface area contributed by atoms with Crippen LogP contribution in [0.3, 0.4) is 0 Å². The van der Waals surface area contributed by atoms with Crippen LogP contribution in [0.1, 0.15) is 20.3 Å². The summed E-state index contributed by atoms with van der Waals surface area (Å²) < 4.78 is 0. The first-order valence-corrected chi connectivity index (χ1v) is 5.92. The number of nitrogens with one attached hydrogen (secondary N) is 1. The maximum Gasteiger partial charge on any atom is 0.317 e.